The summed E-state index contributed by atoms with van der Waals surface area (Å²) in [6.07, 6.45) is 0. The fourth-order valence-corrected chi connectivity index (χ4v) is 1.89. The van der Waals surface area contributed by atoms with Gasteiger partial charge in [-0.1, -0.05) is 15.9 Å². The highest BCUT2D eigenvalue weighted by atomic mass is 79.9. The maximum atomic E-state index is 12.0. The number of alkyl halides is 3. The summed E-state index contributed by atoms with van der Waals surface area (Å²) in [4.78, 5) is 0. The van der Waals surface area contributed by atoms with Crippen LogP contribution in [0.4, 0.5) is 13.2 Å². The number of halogens is 4. The van der Waals surface area contributed by atoms with Gasteiger partial charge in [-0.05, 0) is 18.2 Å². The molecule has 0 aliphatic carbocycles. The third kappa shape index (κ3) is 3.59. The summed E-state index contributed by atoms with van der Waals surface area (Å²) in [5, 5.41) is 0. The summed E-state index contributed by atoms with van der Waals surface area (Å²) in [6.45, 7) is -0.759. The van der Waals surface area contributed by atoms with Crippen molar-refractivity contribution in [2.75, 3.05) is 7.11 Å². The molecule has 4 nitrogen and oxygen atoms in total. The number of methoxy groups -OCH3 is 1. The van der Waals surface area contributed by atoms with Crippen molar-refractivity contribution in [2.24, 2.45) is 0 Å². The summed E-state index contributed by atoms with van der Waals surface area (Å²) in [5.74, 6) is 0.232. The molecule has 102 valence electrons. The van der Waals surface area contributed by atoms with Gasteiger partial charge in [-0.3, -0.25) is 4.18 Å². The van der Waals surface area contributed by atoms with E-state index in [4.69, 9.17) is 4.74 Å². The van der Waals surface area contributed by atoms with E-state index >= 15 is 0 Å². The van der Waals surface area contributed by atoms with Crippen LogP contribution in [0.1, 0.15) is 5.56 Å². The lowest BCUT2D eigenvalue weighted by Crippen LogP contribution is -2.25. The second-order valence-corrected chi connectivity index (χ2v) is 5.64. The van der Waals surface area contributed by atoms with E-state index in [1.54, 1.807) is 6.07 Å². The average molecular weight is 349 g/mol. The fraction of sp³-hybridized carbons (Fsp3) is 0.333. The van der Waals surface area contributed by atoms with E-state index in [9.17, 15) is 21.6 Å². The minimum atomic E-state index is -5.60. The van der Waals surface area contributed by atoms with Crippen LogP contribution in [0.25, 0.3) is 0 Å². The lowest BCUT2D eigenvalue weighted by molar-refractivity contribution is -0.0548. The molecule has 0 fully saturated rings. The van der Waals surface area contributed by atoms with Gasteiger partial charge in [-0.2, -0.15) is 21.6 Å². The molecule has 1 aromatic carbocycles. The van der Waals surface area contributed by atoms with Gasteiger partial charge < -0.3 is 4.74 Å². The number of benzene rings is 1. The van der Waals surface area contributed by atoms with Gasteiger partial charge in [-0.25, -0.2) is 0 Å². The summed E-state index contributed by atoms with van der Waals surface area (Å²) in [6, 6.07) is 4.48. The van der Waals surface area contributed by atoms with Crippen molar-refractivity contribution in [1.29, 1.82) is 0 Å². The lowest BCUT2D eigenvalue weighted by atomic mass is 10.2. The molecule has 18 heavy (non-hydrogen) atoms. The van der Waals surface area contributed by atoms with Gasteiger partial charge in [-0.15, -0.1) is 0 Å². The maximum absolute atomic E-state index is 12.0. The first-order chi connectivity index (χ1) is 8.17. The van der Waals surface area contributed by atoms with E-state index in [0.29, 0.717) is 4.47 Å². The standard InChI is InChI=1S/C9H8BrF3O4S/c1-16-8-3-2-7(10)4-6(8)5-17-18(14,15)9(11,12)13/h2-4H,5H2,1H3. The van der Waals surface area contributed by atoms with Gasteiger partial charge in [0, 0.05) is 10.0 Å². The molecule has 0 unspecified atom stereocenters. The zero-order valence-corrected chi connectivity index (χ0v) is 11.4. The third-order valence-electron chi connectivity index (χ3n) is 1.90. The van der Waals surface area contributed by atoms with Crippen LogP contribution in [0.15, 0.2) is 22.7 Å². The van der Waals surface area contributed by atoms with E-state index in [1.807, 2.05) is 0 Å². The van der Waals surface area contributed by atoms with Gasteiger partial charge in [0.05, 0.1) is 13.7 Å². The third-order valence-corrected chi connectivity index (χ3v) is 3.38. The molecule has 0 amide bonds. The number of hydrogen-bond acceptors (Lipinski definition) is 4. The zero-order valence-electron chi connectivity index (χ0n) is 8.99. The van der Waals surface area contributed by atoms with E-state index in [-0.39, 0.29) is 11.3 Å². The van der Waals surface area contributed by atoms with E-state index in [0.717, 1.165) is 0 Å². The van der Waals surface area contributed by atoms with E-state index in [2.05, 4.69) is 20.1 Å². The first kappa shape index (κ1) is 15.3. The van der Waals surface area contributed by atoms with Gasteiger partial charge in [0.25, 0.3) is 0 Å². The Kier molecular flexibility index (Phi) is 4.62. The minimum Gasteiger partial charge on any atom is -0.496 e. The fourth-order valence-electron chi connectivity index (χ4n) is 1.07. The predicted molar refractivity (Wildman–Crippen MR) is 60.5 cm³/mol. The Morgan fingerprint density at radius 2 is 1.94 bits per heavy atom. The first-order valence-electron chi connectivity index (χ1n) is 4.45. The van der Waals surface area contributed by atoms with Crippen LogP contribution >= 0.6 is 15.9 Å². The van der Waals surface area contributed by atoms with Crippen molar-refractivity contribution in [3.8, 4) is 5.75 Å². The van der Waals surface area contributed by atoms with Crippen molar-refractivity contribution in [3.63, 3.8) is 0 Å². The highest BCUT2D eigenvalue weighted by Crippen LogP contribution is 2.28. The zero-order chi connectivity index (χ0) is 14.0. The molecule has 0 aromatic heterocycles. The van der Waals surface area contributed by atoms with E-state index < -0.39 is 22.2 Å². The predicted octanol–water partition coefficient (Wildman–Crippen LogP) is 2.82. The second-order valence-electron chi connectivity index (χ2n) is 3.12. The normalized spacial score (nSPS) is 12.5. The Balaban J connectivity index is 2.91. The molecule has 0 aliphatic rings. The summed E-state index contributed by atoms with van der Waals surface area (Å²) < 4.78 is 66.9. The van der Waals surface area contributed by atoms with Crippen molar-refractivity contribution < 1.29 is 30.5 Å². The Bertz CT molecular complexity index is 527. The molecule has 0 spiro atoms. The molecule has 0 saturated heterocycles. The molecule has 0 atom stereocenters. The number of ether oxygens (including phenoxy) is 1. The highest BCUT2D eigenvalue weighted by Gasteiger charge is 2.47. The SMILES string of the molecule is COc1ccc(Br)cc1COS(=O)(=O)C(F)(F)F. The van der Waals surface area contributed by atoms with Crippen LogP contribution in [0.3, 0.4) is 0 Å². The number of hydrogen-bond donors (Lipinski definition) is 0. The summed E-state index contributed by atoms with van der Waals surface area (Å²) in [5.41, 5.74) is -5.26. The lowest BCUT2D eigenvalue weighted by Gasteiger charge is -2.11. The Morgan fingerprint density at radius 1 is 1.33 bits per heavy atom. The van der Waals surface area contributed by atoms with E-state index in [1.165, 1.54) is 19.2 Å². The summed E-state index contributed by atoms with van der Waals surface area (Å²) in [7, 11) is -4.29. The molecule has 1 aromatic rings. The minimum absolute atomic E-state index is 0.180. The molecule has 0 radical (unpaired) electrons. The molecule has 0 N–H and O–H groups in total. The molecule has 0 bridgehead atoms. The Morgan fingerprint density at radius 3 is 2.44 bits per heavy atom. The monoisotopic (exact) mass is 348 g/mol. The Hall–Kier alpha value is -0.800. The Labute approximate surface area is 110 Å². The summed E-state index contributed by atoms with van der Waals surface area (Å²) >= 11 is 3.10. The highest BCUT2D eigenvalue weighted by molar-refractivity contribution is 9.10. The molecule has 0 aliphatic heterocycles. The topological polar surface area (TPSA) is 52.6 Å². The van der Waals surface area contributed by atoms with Gasteiger partial charge >= 0.3 is 15.6 Å². The van der Waals surface area contributed by atoms with Crippen LogP contribution in [0, 0.1) is 0 Å². The molecule has 1 rings (SSSR count). The van der Waals surface area contributed by atoms with Crippen LogP contribution in [0.2, 0.25) is 0 Å². The molecule has 9 heteroatoms. The van der Waals surface area contributed by atoms with Gasteiger partial charge in [0.15, 0.2) is 0 Å². The molecule has 0 saturated carbocycles. The van der Waals surface area contributed by atoms with Crippen molar-refractivity contribution >= 4 is 26.0 Å². The maximum Gasteiger partial charge on any atom is 0.523 e. The van der Waals surface area contributed by atoms with Crippen LogP contribution in [0.5, 0.6) is 5.75 Å². The largest absolute Gasteiger partial charge is 0.523 e. The van der Waals surface area contributed by atoms with Crippen LogP contribution in [-0.4, -0.2) is 21.0 Å². The molecular weight excluding hydrogens is 341 g/mol. The van der Waals surface area contributed by atoms with Crippen LogP contribution < -0.4 is 4.74 Å². The van der Waals surface area contributed by atoms with Crippen LogP contribution in [-0.2, 0) is 20.9 Å². The van der Waals surface area contributed by atoms with Crippen molar-refractivity contribution in [1.82, 2.24) is 0 Å². The van der Waals surface area contributed by atoms with Crippen molar-refractivity contribution in [2.45, 2.75) is 12.1 Å². The second kappa shape index (κ2) is 5.45. The molecular formula is C9H8BrF3O4S. The van der Waals surface area contributed by atoms with Gasteiger partial charge in [0.2, 0.25) is 0 Å². The van der Waals surface area contributed by atoms with Crippen molar-refractivity contribution in [3.05, 3.63) is 28.2 Å². The quantitative estimate of drug-likeness (QED) is 0.620. The van der Waals surface area contributed by atoms with Gasteiger partial charge in [0.1, 0.15) is 5.75 Å². The first-order valence-corrected chi connectivity index (χ1v) is 6.65. The average Bonchev–Trinajstić information content (AvgIpc) is 2.25. The number of rotatable bonds is 4. The molecule has 0 heterocycles. The smallest absolute Gasteiger partial charge is 0.496 e.